The second-order valence-corrected chi connectivity index (χ2v) is 6.83. The smallest absolute Gasteiger partial charge is 0.188 e. The number of halogens is 1. The molecule has 3 rings (SSSR count). The van der Waals surface area contributed by atoms with Gasteiger partial charge in [-0.3, -0.25) is 0 Å². The molecule has 15 heavy (non-hydrogen) atoms. The largest absolute Gasteiger partial charge is 0.346 e. The van der Waals surface area contributed by atoms with Gasteiger partial charge in [0.1, 0.15) is 6.10 Å². The van der Waals surface area contributed by atoms with Gasteiger partial charge >= 0.3 is 0 Å². The van der Waals surface area contributed by atoms with E-state index in [1.807, 2.05) is 0 Å². The molecule has 1 unspecified atom stereocenters. The summed E-state index contributed by atoms with van der Waals surface area (Å²) in [6.07, 6.45) is 4.77. The van der Waals surface area contributed by atoms with Crippen LogP contribution in [-0.2, 0) is 14.2 Å². The summed E-state index contributed by atoms with van der Waals surface area (Å²) in [7, 11) is 1.80. The monoisotopic (exact) mass is 342 g/mol. The van der Waals surface area contributed by atoms with Crippen molar-refractivity contribution in [2.45, 2.75) is 62.1 Å². The van der Waals surface area contributed by atoms with Crippen LogP contribution in [0.5, 0.6) is 0 Å². The summed E-state index contributed by atoms with van der Waals surface area (Å²) in [4.78, 5) is 0. The Morgan fingerprint density at radius 3 is 2.67 bits per heavy atom. The van der Waals surface area contributed by atoms with Crippen LogP contribution in [-0.4, -0.2) is 29.5 Å². The van der Waals surface area contributed by atoms with Crippen LogP contribution < -0.4 is 0 Å². The minimum absolute atomic E-state index is 0.120. The molecule has 3 aliphatic rings. The molecule has 0 bridgehead atoms. The number of ether oxygens (including phenoxy) is 3. The van der Waals surface area contributed by atoms with Gasteiger partial charge in [0.25, 0.3) is 0 Å². The molecule has 0 aromatic carbocycles. The molecule has 0 aromatic rings. The third-order valence-electron chi connectivity index (χ3n) is 3.55. The molecule has 3 nitrogen and oxygen atoms in total. The molecule has 2 heterocycles. The number of hydrogen-bond acceptors (Lipinski definition) is 4. The van der Waals surface area contributed by atoms with Gasteiger partial charge in [-0.2, -0.15) is 0 Å². The van der Waals surface area contributed by atoms with Gasteiger partial charge in [-0.15, -0.1) is 0 Å². The van der Waals surface area contributed by atoms with Gasteiger partial charge in [0.15, 0.2) is 12.1 Å². The van der Waals surface area contributed by atoms with E-state index < -0.39 is 0 Å². The molecule has 1 spiro atoms. The van der Waals surface area contributed by atoms with E-state index in [2.05, 4.69) is 28.1 Å². The van der Waals surface area contributed by atoms with Crippen molar-refractivity contribution in [1.29, 1.82) is 0 Å². The fraction of sp³-hybridized carbons (Fsp3) is 1.00. The third-order valence-corrected chi connectivity index (χ3v) is 6.17. The van der Waals surface area contributed by atoms with Gasteiger partial charge in [0.05, 0.1) is 11.4 Å². The third kappa shape index (κ3) is 1.74. The molecule has 86 valence electrons. The van der Waals surface area contributed by atoms with Gasteiger partial charge in [0, 0.05) is 12.8 Å². The zero-order valence-corrected chi connectivity index (χ0v) is 11.6. The molecule has 1 saturated carbocycles. The molecule has 3 fully saturated rings. The Morgan fingerprint density at radius 2 is 2.00 bits per heavy atom. The molecular weight excluding hydrogens is 327 g/mol. The van der Waals surface area contributed by atoms with Crippen molar-refractivity contribution in [3.63, 3.8) is 0 Å². The highest BCUT2D eigenvalue weighted by molar-refractivity contribution is 14.2. The zero-order chi connectivity index (χ0) is 10.5. The molecule has 0 aromatic heterocycles. The summed E-state index contributed by atoms with van der Waals surface area (Å²) in [6, 6.07) is 0. The molecule has 5 heteroatoms. The van der Waals surface area contributed by atoms with E-state index >= 15 is 0 Å². The molecule has 0 radical (unpaired) electrons. The highest BCUT2D eigenvalue weighted by atomic mass is 127. The maximum Gasteiger partial charge on any atom is 0.188 e. The van der Waals surface area contributed by atoms with Crippen molar-refractivity contribution in [1.82, 2.24) is 0 Å². The normalized spacial score (nSPS) is 47.6. The Hall–Kier alpha value is 0.960. The van der Waals surface area contributed by atoms with Crippen LogP contribution >= 0.6 is 30.1 Å². The van der Waals surface area contributed by atoms with Crippen LogP contribution in [0.4, 0.5) is 0 Å². The number of rotatable bonds is 1. The lowest BCUT2D eigenvalue weighted by Crippen LogP contribution is -2.32. The Kier molecular flexibility index (Phi) is 2.96. The molecule has 0 N–H and O–H groups in total. The van der Waals surface area contributed by atoms with Crippen molar-refractivity contribution < 1.29 is 14.2 Å². The topological polar surface area (TPSA) is 27.7 Å². The van der Waals surface area contributed by atoms with E-state index in [4.69, 9.17) is 14.2 Å². The molecular formula is C10H15IO3S. The fourth-order valence-corrected chi connectivity index (χ4v) is 5.37. The van der Waals surface area contributed by atoms with Gasteiger partial charge in [-0.05, 0) is 41.0 Å². The van der Waals surface area contributed by atoms with Crippen LogP contribution in [0.25, 0.3) is 0 Å². The highest BCUT2D eigenvalue weighted by Gasteiger charge is 2.57. The number of hydrogen-bond donors (Lipinski definition) is 0. The first-order valence-corrected chi connectivity index (χ1v) is 8.95. The molecule has 2 saturated heterocycles. The van der Waals surface area contributed by atoms with Gasteiger partial charge in [0.2, 0.25) is 0 Å². The molecule has 2 aliphatic heterocycles. The predicted molar refractivity (Wildman–Crippen MR) is 66.9 cm³/mol. The van der Waals surface area contributed by atoms with Gasteiger partial charge in [-0.1, -0.05) is 8.93 Å². The van der Waals surface area contributed by atoms with Crippen molar-refractivity contribution in [2.75, 3.05) is 0 Å². The second kappa shape index (κ2) is 4.01. The quantitative estimate of drug-likeness (QED) is 0.685. The summed E-state index contributed by atoms with van der Waals surface area (Å²) in [5, 5.41) is 0.413. The van der Waals surface area contributed by atoms with Crippen molar-refractivity contribution in [3.05, 3.63) is 0 Å². The summed E-state index contributed by atoms with van der Waals surface area (Å²) >= 11 is 2.33. The van der Waals surface area contributed by atoms with Crippen molar-refractivity contribution >= 4 is 30.1 Å². The average molecular weight is 342 g/mol. The first kappa shape index (κ1) is 11.1. The van der Waals surface area contributed by atoms with E-state index in [0.29, 0.717) is 5.25 Å². The summed E-state index contributed by atoms with van der Waals surface area (Å²) in [5.74, 6) is -0.292. The summed E-state index contributed by atoms with van der Waals surface area (Å²) in [5.41, 5.74) is 0. The van der Waals surface area contributed by atoms with Gasteiger partial charge in [-0.25, -0.2) is 0 Å². The SMILES string of the molecule is C[C@H]1O[C@@H]2OC3(CCCC3)O[C@@H]2C1SI. The molecule has 0 amide bonds. The van der Waals surface area contributed by atoms with E-state index in [1.54, 1.807) is 8.93 Å². The minimum atomic E-state index is -0.292. The lowest BCUT2D eigenvalue weighted by Gasteiger charge is -2.25. The first-order valence-electron chi connectivity index (χ1n) is 5.53. The van der Waals surface area contributed by atoms with Crippen LogP contribution in [0.1, 0.15) is 32.6 Å². The zero-order valence-electron chi connectivity index (χ0n) is 8.65. The van der Waals surface area contributed by atoms with Crippen LogP contribution in [0, 0.1) is 0 Å². The van der Waals surface area contributed by atoms with Gasteiger partial charge < -0.3 is 14.2 Å². The second-order valence-electron chi connectivity index (χ2n) is 4.58. The fourth-order valence-electron chi connectivity index (χ4n) is 2.77. The maximum absolute atomic E-state index is 6.13. The lowest BCUT2D eigenvalue weighted by molar-refractivity contribution is -0.218. The van der Waals surface area contributed by atoms with Crippen LogP contribution in [0.3, 0.4) is 0 Å². The Labute approximate surface area is 106 Å². The van der Waals surface area contributed by atoms with Crippen molar-refractivity contribution in [2.24, 2.45) is 0 Å². The van der Waals surface area contributed by atoms with Crippen LogP contribution in [0.2, 0.25) is 0 Å². The Morgan fingerprint density at radius 1 is 1.27 bits per heavy atom. The summed E-state index contributed by atoms with van der Waals surface area (Å²) in [6.45, 7) is 2.10. The Balaban J connectivity index is 1.76. The Bertz CT molecular complexity index is 257. The highest BCUT2D eigenvalue weighted by Crippen LogP contribution is 2.49. The minimum Gasteiger partial charge on any atom is -0.346 e. The summed E-state index contributed by atoms with van der Waals surface area (Å²) < 4.78 is 17.9. The predicted octanol–water partition coefficient (Wildman–Crippen LogP) is 2.87. The first-order chi connectivity index (χ1) is 7.24. The van der Waals surface area contributed by atoms with Crippen molar-refractivity contribution in [3.8, 4) is 0 Å². The van der Waals surface area contributed by atoms with E-state index in [9.17, 15) is 0 Å². The maximum atomic E-state index is 6.13. The molecule has 1 aliphatic carbocycles. The van der Waals surface area contributed by atoms with E-state index in [-0.39, 0.29) is 24.3 Å². The lowest BCUT2D eigenvalue weighted by atomic mass is 10.2. The molecule has 4 atom stereocenters. The average Bonchev–Trinajstić information content (AvgIpc) is 2.83. The number of fused-ring (bicyclic) bond motifs is 1. The van der Waals surface area contributed by atoms with E-state index in [1.165, 1.54) is 12.8 Å². The standard InChI is InChI=1S/C10H15IO3S/c1-6-8(15-11)7-9(12-6)14-10(13-7)4-2-3-5-10/h6-9H,2-5H2,1H3/t6-,7-,8?,9-/m1/s1. The van der Waals surface area contributed by atoms with Crippen LogP contribution in [0.15, 0.2) is 0 Å². The van der Waals surface area contributed by atoms with E-state index in [0.717, 1.165) is 12.8 Å².